The molecule has 0 atom stereocenters. The molecule has 1 fully saturated rings. The van der Waals surface area contributed by atoms with Crippen LogP contribution in [0, 0.1) is 0 Å². The summed E-state index contributed by atoms with van der Waals surface area (Å²) in [6.45, 7) is -1.91. The Balaban J connectivity index is 1.52. The van der Waals surface area contributed by atoms with Crippen molar-refractivity contribution >= 4 is 26.7 Å². The first-order chi connectivity index (χ1) is 13.8. The number of imidazole rings is 1. The molecule has 2 N–H and O–H groups in total. The number of anilines is 1. The lowest BCUT2D eigenvalue weighted by Crippen LogP contribution is -2.48. The van der Waals surface area contributed by atoms with Crippen molar-refractivity contribution in [2.45, 2.75) is 11.5 Å². The quantitative estimate of drug-likeness (QED) is 0.653. The molecule has 29 heavy (non-hydrogen) atoms. The molecule has 4 rings (SSSR count). The number of benzene rings is 2. The lowest BCUT2D eigenvalue weighted by molar-refractivity contribution is -0.0495. The Morgan fingerprint density at radius 1 is 0.966 bits per heavy atom. The van der Waals surface area contributed by atoms with E-state index in [4.69, 9.17) is 0 Å². The first-order valence-electron chi connectivity index (χ1n) is 8.85. The van der Waals surface area contributed by atoms with Gasteiger partial charge in [-0.25, -0.2) is 13.2 Å². The van der Waals surface area contributed by atoms with Gasteiger partial charge in [0.1, 0.15) is 5.75 Å². The normalized spacial score (nSPS) is 15.9. The summed E-state index contributed by atoms with van der Waals surface area (Å²) in [5.41, 5.74) is 1.02. The van der Waals surface area contributed by atoms with Gasteiger partial charge < -0.3 is 19.6 Å². The van der Waals surface area contributed by atoms with E-state index in [0.717, 1.165) is 0 Å². The number of sulfonamides is 1. The van der Waals surface area contributed by atoms with Crippen LogP contribution >= 0.6 is 0 Å². The monoisotopic (exact) mass is 424 g/mol. The molecule has 2 aromatic carbocycles. The van der Waals surface area contributed by atoms with Gasteiger partial charge in [0, 0.05) is 26.2 Å². The average molecular weight is 424 g/mol. The highest BCUT2D eigenvalue weighted by molar-refractivity contribution is 7.89. The molecule has 0 spiro atoms. The summed E-state index contributed by atoms with van der Waals surface area (Å²) in [5.74, 6) is 0.0562. The van der Waals surface area contributed by atoms with E-state index in [9.17, 15) is 22.0 Å². The highest BCUT2D eigenvalue weighted by atomic mass is 32.2. The number of nitrogens with one attached hydrogen (secondary N) is 2. The Kier molecular flexibility index (Phi) is 5.01. The number of hydrogen-bond donors (Lipinski definition) is 2. The van der Waals surface area contributed by atoms with Crippen LogP contribution in [0.3, 0.4) is 0 Å². The molecule has 0 saturated carbocycles. The van der Waals surface area contributed by atoms with Gasteiger partial charge in [0.2, 0.25) is 10.0 Å². The lowest BCUT2D eigenvalue weighted by Gasteiger charge is -2.36. The van der Waals surface area contributed by atoms with E-state index >= 15 is 0 Å². The van der Waals surface area contributed by atoms with Crippen LogP contribution in [0.1, 0.15) is 0 Å². The molecular weight excluding hydrogens is 406 g/mol. The lowest BCUT2D eigenvalue weighted by atomic mass is 10.2. The van der Waals surface area contributed by atoms with Gasteiger partial charge in [-0.1, -0.05) is 12.1 Å². The zero-order valence-electron chi connectivity index (χ0n) is 15.1. The first kappa shape index (κ1) is 19.4. The number of alkyl halides is 2. The molecule has 1 aliphatic heterocycles. The highest BCUT2D eigenvalue weighted by Gasteiger charge is 2.30. The van der Waals surface area contributed by atoms with Crippen molar-refractivity contribution in [2.24, 2.45) is 0 Å². The fourth-order valence-electron chi connectivity index (χ4n) is 3.40. The van der Waals surface area contributed by atoms with Gasteiger partial charge in [-0.05, 0) is 30.3 Å². The molecule has 0 amide bonds. The number of rotatable bonds is 5. The van der Waals surface area contributed by atoms with E-state index in [-0.39, 0.29) is 23.7 Å². The van der Waals surface area contributed by atoms with Crippen molar-refractivity contribution in [1.29, 1.82) is 0 Å². The molecule has 0 unspecified atom stereocenters. The number of H-pyrrole nitrogens is 2. The first-order valence-corrected chi connectivity index (χ1v) is 10.3. The maximum atomic E-state index is 13.0. The molecule has 8 nitrogen and oxygen atoms in total. The van der Waals surface area contributed by atoms with Crippen LogP contribution < -0.4 is 15.3 Å². The van der Waals surface area contributed by atoms with Crippen LogP contribution in [0.25, 0.3) is 11.0 Å². The number of ether oxygens (including phenoxy) is 1. The molecule has 0 bridgehead atoms. The maximum Gasteiger partial charge on any atom is 0.387 e. The molecule has 11 heteroatoms. The van der Waals surface area contributed by atoms with Crippen molar-refractivity contribution in [2.75, 3.05) is 31.1 Å². The van der Waals surface area contributed by atoms with E-state index in [1.54, 1.807) is 18.2 Å². The Hall–Kier alpha value is -2.92. The van der Waals surface area contributed by atoms with Crippen LogP contribution in [-0.2, 0) is 10.0 Å². The molecule has 154 valence electrons. The third-order valence-corrected chi connectivity index (χ3v) is 6.68. The van der Waals surface area contributed by atoms with Gasteiger partial charge >= 0.3 is 12.3 Å². The van der Waals surface area contributed by atoms with Gasteiger partial charge in [-0.2, -0.15) is 13.1 Å². The van der Waals surface area contributed by atoms with E-state index in [2.05, 4.69) is 14.7 Å². The second-order valence-corrected chi connectivity index (χ2v) is 8.46. The van der Waals surface area contributed by atoms with E-state index in [0.29, 0.717) is 29.8 Å². The van der Waals surface area contributed by atoms with Crippen molar-refractivity contribution in [3.05, 3.63) is 52.9 Å². The third kappa shape index (κ3) is 3.83. The number of para-hydroxylation sites is 2. The summed E-state index contributed by atoms with van der Waals surface area (Å²) in [6, 6.07) is 10.8. The Bertz CT molecular complexity index is 1180. The number of hydrogen-bond acceptors (Lipinski definition) is 5. The fraction of sp³-hybridized carbons (Fsp3) is 0.278. The largest absolute Gasteiger partial charge is 0.433 e. The highest BCUT2D eigenvalue weighted by Crippen LogP contribution is 2.31. The Morgan fingerprint density at radius 2 is 1.66 bits per heavy atom. The predicted molar refractivity (Wildman–Crippen MR) is 103 cm³/mol. The number of piperazine rings is 1. The van der Waals surface area contributed by atoms with E-state index < -0.39 is 22.3 Å². The minimum Gasteiger partial charge on any atom is -0.433 e. The standard InChI is InChI=1S/C18H18F2N4O4S/c19-17(20)28-16-4-2-1-3-15(16)23-7-9-24(10-8-23)29(26,27)12-5-6-13-14(11-12)22-18(25)21-13/h1-6,11,17H,7-10H2,(H2,21,22,25). The summed E-state index contributed by atoms with van der Waals surface area (Å²) in [6.07, 6.45) is 0. The third-order valence-electron chi connectivity index (χ3n) is 4.79. The van der Waals surface area contributed by atoms with Gasteiger partial charge in [0.15, 0.2) is 0 Å². The predicted octanol–water partition coefficient (Wildman–Crippen LogP) is 1.97. The van der Waals surface area contributed by atoms with Crippen LogP contribution in [-0.4, -0.2) is 55.5 Å². The summed E-state index contributed by atoms with van der Waals surface area (Å²) in [4.78, 5) is 18.4. The number of halogens is 2. The van der Waals surface area contributed by atoms with Crippen molar-refractivity contribution in [1.82, 2.24) is 14.3 Å². The SMILES string of the molecule is O=c1[nH]c2ccc(S(=O)(=O)N3CCN(c4ccccc4OC(F)F)CC3)cc2[nH]1. The number of aromatic nitrogens is 2. The van der Waals surface area contributed by atoms with Crippen molar-refractivity contribution < 1.29 is 21.9 Å². The fourth-order valence-corrected chi connectivity index (χ4v) is 4.85. The topological polar surface area (TPSA) is 98.5 Å². The van der Waals surface area contributed by atoms with Crippen molar-refractivity contribution in [3.8, 4) is 5.75 Å². The minimum atomic E-state index is -3.76. The summed E-state index contributed by atoms with van der Waals surface area (Å²) in [7, 11) is -3.76. The van der Waals surface area contributed by atoms with Crippen molar-refractivity contribution in [3.63, 3.8) is 0 Å². The second kappa shape index (κ2) is 7.48. The van der Waals surface area contributed by atoms with Gasteiger partial charge in [0.25, 0.3) is 0 Å². The molecule has 0 aliphatic carbocycles. The summed E-state index contributed by atoms with van der Waals surface area (Å²) < 4.78 is 57.1. The maximum absolute atomic E-state index is 13.0. The van der Waals surface area contributed by atoms with Crippen LogP contribution in [0.2, 0.25) is 0 Å². The number of aromatic amines is 2. The number of nitrogens with zero attached hydrogens (tertiary/aromatic N) is 2. The van der Waals surface area contributed by atoms with E-state index in [1.165, 1.54) is 28.6 Å². The summed E-state index contributed by atoms with van der Waals surface area (Å²) in [5, 5.41) is 0. The molecule has 0 radical (unpaired) electrons. The van der Waals surface area contributed by atoms with Gasteiger partial charge in [0.05, 0.1) is 21.6 Å². The smallest absolute Gasteiger partial charge is 0.387 e. The molecule has 2 heterocycles. The molecule has 3 aromatic rings. The molecular formula is C18H18F2N4O4S. The average Bonchev–Trinajstić information content (AvgIpc) is 3.07. The molecule has 1 saturated heterocycles. The van der Waals surface area contributed by atoms with E-state index in [1.807, 2.05) is 4.90 Å². The van der Waals surface area contributed by atoms with Crippen LogP contribution in [0.15, 0.2) is 52.2 Å². The van der Waals surface area contributed by atoms with Crippen LogP contribution in [0.5, 0.6) is 5.75 Å². The summed E-state index contributed by atoms with van der Waals surface area (Å²) >= 11 is 0. The zero-order valence-corrected chi connectivity index (χ0v) is 16.0. The Labute approximate surface area is 164 Å². The molecule has 1 aromatic heterocycles. The van der Waals surface area contributed by atoms with Gasteiger partial charge in [-0.15, -0.1) is 0 Å². The number of fused-ring (bicyclic) bond motifs is 1. The zero-order chi connectivity index (χ0) is 20.6. The second-order valence-electron chi connectivity index (χ2n) is 6.52. The van der Waals surface area contributed by atoms with Gasteiger partial charge in [-0.3, -0.25) is 0 Å². The minimum absolute atomic E-state index is 0.0562. The van der Waals surface area contributed by atoms with Crippen LogP contribution in [0.4, 0.5) is 14.5 Å². The Morgan fingerprint density at radius 3 is 2.38 bits per heavy atom. The molecule has 1 aliphatic rings.